The second-order valence-corrected chi connectivity index (χ2v) is 12.8. The lowest BCUT2D eigenvalue weighted by atomic mass is 9.94. The van der Waals surface area contributed by atoms with Gasteiger partial charge in [-0.1, -0.05) is 49.1 Å². The van der Waals surface area contributed by atoms with Gasteiger partial charge in [0.1, 0.15) is 24.0 Å². The summed E-state index contributed by atoms with van der Waals surface area (Å²) in [7, 11) is 0. The van der Waals surface area contributed by atoms with E-state index in [9.17, 15) is 14.5 Å². The number of halogens is 2. The minimum Gasteiger partial charge on any atom is -0.489 e. The molecule has 1 saturated heterocycles. The van der Waals surface area contributed by atoms with Crippen molar-refractivity contribution in [3.8, 4) is 28.3 Å². The molecule has 250 valence electrons. The van der Waals surface area contributed by atoms with Gasteiger partial charge in [-0.05, 0) is 84.1 Å². The number of hydrogen-bond donors (Lipinski definition) is 0. The van der Waals surface area contributed by atoms with Crippen LogP contribution in [0.5, 0.6) is 5.75 Å². The van der Waals surface area contributed by atoms with Crippen molar-refractivity contribution in [2.24, 2.45) is 5.18 Å². The number of hydrogen-bond acceptors (Lipinski definition) is 6. The molecule has 0 spiro atoms. The number of carbonyl (C=O) groups excluding carboxylic acids is 2. The Morgan fingerprint density at radius 1 is 0.898 bits per heavy atom. The maximum Gasteiger partial charge on any atom is 0.316 e. The van der Waals surface area contributed by atoms with Crippen molar-refractivity contribution >= 4 is 34.4 Å². The molecule has 0 atom stereocenters. The van der Waals surface area contributed by atoms with Gasteiger partial charge in [0.25, 0.3) is 5.91 Å². The second kappa shape index (κ2) is 14.3. The molecule has 0 bridgehead atoms. The summed E-state index contributed by atoms with van der Waals surface area (Å²) in [6, 6.07) is 22.7. The zero-order valence-electron chi connectivity index (χ0n) is 26.7. The summed E-state index contributed by atoms with van der Waals surface area (Å²) in [5.41, 5.74) is 4.79. The summed E-state index contributed by atoms with van der Waals surface area (Å²) in [5.74, 6) is -0.696. The average Bonchev–Trinajstić information content (AvgIpc) is 3.53. The lowest BCUT2D eigenvalue weighted by Crippen LogP contribution is -2.40. The van der Waals surface area contributed by atoms with Crippen molar-refractivity contribution in [3.63, 3.8) is 0 Å². The Morgan fingerprint density at radius 3 is 2.37 bits per heavy atom. The van der Waals surface area contributed by atoms with Gasteiger partial charge in [0.05, 0.1) is 29.8 Å². The van der Waals surface area contributed by atoms with Gasteiger partial charge in [0.15, 0.2) is 0 Å². The molecule has 2 heterocycles. The highest BCUT2D eigenvalue weighted by atomic mass is 35.5. The third-order valence-electron chi connectivity index (χ3n) is 9.34. The number of nitrogens with zero attached hydrogens (tertiary/aromatic N) is 4. The summed E-state index contributed by atoms with van der Waals surface area (Å²) >= 11 is 6.15. The molecule has 2 aliphatic rings. The fraction of sp³-hybridized carbons (Fsp3) is 0.289. The number of benzene rings is 4. The van der Waals surface area contributed by atoms with E-state index in [0.717, 1.165) is 54.3 Å². The molecule has 1 aliphatic heterocycles. The molecule has 49 heavy (non-hydrogen) atoms. The first-order chi connectivity index (χ1) is 23.9. The van der Waals surface area contributed by atoms with E-state index in [-0.39, 0.29) is 24.1 Å². The maximum atomic E-state index is 16.0. The minimum atomic E-state index is -0.876. The summed E-state index contributed by atoms with van der Waals surface area (Å²) in [6.07, 6.45) is 5.12. The molecule has 0 unspecified atom stereocenters. The molecule has 2 fully saturated rings. The number of fused-ring (bicyclic) bond motifs is 1. The Labute approximate surface area is 287 Å². The quantitative estimate of drug-likeness (QED) is 0.152. The highest BCUT2D eigenvalue weighted by Gasteiger charge is 2.25. The first-order valence-electron chi connectivity index (χ1n) is 16.5. The van der Waals surface area contributed by atoms with Crippen LogP contribution < -0.4 is 4.74 Å². The number of amides is 2. The highest BCUT2D eigenvalue weighted by Crippen LogP contribution is 2.38. The van der Waals surface area contributed by atoms with Crippen LogP contribution in [0, 0.1) is 10.7 Å². The van der Waals surface area contributed by atoms with Crippen molar-refractivity contribution < 1.29 is 23.5 Å². The monoisotopic (exact) mass is 680 g/mol. The van der Waals surface area contributed by atoms with Gasteiger partial charge in [-0.15, -0.1) is 4.91 Å². The largest absolute Gasteiger partial charge is 0.489 e. The van der Waals surface area contributed by atoms with Gasteiger partial charge >= 0.3 is 5.91 Å². The Morgan fingerprint density at radius 2 is 1.63 bits per heavy atom. The van der Waals surface area contributed by atoms with Crippen LogP contribution in [-0.2, 0) is 11.3 Å². The molecule has 11 heteroatoms. The van der Waals surface area contributed by atoms with Gasteiger partial charge in [-0.25, -0.2) is 9.37 Å². The summed E-state index contributed by atoms with van der Waals surface area (Å²) in [5, 5.41) is 3.15. The zero-order chi connectivity index (χ0) is 33.9. The van der Waals surface area contributed by atoms with E-state index in [1.807, 2.05) is 30.3 Å². The molecule has 0 radical (unpaired) electrons. The number of carbonyl (C=O) groups is 2. The van der Waals surface area contributed by atoms with Crippen molar-refractivity contribution in [1.29, 1.82) is 0 Å². The zero-order valence-corrected chi connectivity index (χ0v) is 27.5. The fourth-order valence-corrected chi connectivity index (χ4v) is 6.94. The van der Waals surface area contributed by atoms with Crippen LogP contribution in [0.1, 0.15) is 64.4 Å². The van der Waals surface area contributed by atoms with Crippen LogP contribution in [0.3, 0.4) is 0 Å². The number of nitroso groups, excluding NO2 is 1. The molecule has 7 rings (SSSR count). The van der Waals surface area contributed by atoms with E-state index in [0.29, 0.717) is 59.5 Å². The van der Waals surface area contributed by atoms with Gasteiger partial charge < -0.3 is 18.9 Å². The minimum absolute atomic E-state index is 0.0811. The number of imidazole rings is 1. The lowest BCUT2D eigenvalue weighted by Gasteiger charge is -2.27. The smallest absolute Gasteiger partial charge is 0.316 e. The predicted octanol–water partition coefficient (Wildman–Crippen LogP) is 8.63. The Hall–Kier alpha value is -4.93. The standard InChI is InChI=1S/C38H34ClFN4O5/c39-28-10-6-24(7-11-28)31-13-8-26(38(46)43-16-18-48-19-17-43)20-27(31)23-49-30-12-14-32(33(40)22-30)36-41-34-21-25(37(45)42-47)9-15-35(34)44(36)29-4-2-1-3-5-29/h6-15,20-22,29H,1-5,16-19,23H2. The van der Waals surface area contributed by atoms with E-state index >= 15 is 4.39 Å². The third-order valence-corrected chi connectivity index (χ3v) is 9.59. The van der Waals surface area contributed by atoms with Crippen LogP contribution in [0.25, 0.3) is 33.5 Å². The molecular weight excluding hydrogens is 647 g/mol. The Kier molecular flexibility index (Phi) is 9.50. The maximum absolute atomic E-state index is 16.0. The van der Waals surface area contributed by atoms with Crippen molar-refractivity contribution in [1.82, 2.24) is 14.5 Å². The van der Waals surface area contributed by atoms with E-state index in [2.05, 4.69) is 9.74 Å². The first kappa shape index (κ1) is 32.6. The average molecular weight is 681 g/mol. The van der Waals surface area contributed by atoms with Gasteiger partial charge in [-0.2, -0.15) is 0 Å². The number of ether oxygens (including phenoxy) is 2. The molecule has 1 aromatic heterocycles. The van der Waals surface area contributed by atoms with Gasteiger partial charge in [0.2, 0.25) is 0 Å². The predicted molar refractivity (Wildman–Crippen MR) is 185 cm³/mol. The summed E-state index contributed by atoms with van der Waals surface area (Å²) in [6.45, 7) is 2.14. The molecule has 1 saturated carbocycles. The van der Waals surface area contributed by atoms with E-state index in [4.69, 9.17) is 26.1 Å². The van der Waals surface area contributed by atoms with Gasteiger partial charge in [0, 0.05) is 46.5 Å². The molecule has 4 aromatic carbocycles. The van der Waals surface area contributed by atoms with E-state index in [1.165, 1.54) is 12.1 Å². The molecular formula is C38H34ClFN4O5. The topological polar surface area (TPSA) is 103 Å². The third kappa shape index (κ3) is 6.84. The summed E-state index contributed by atoms with van der Waals surface area (Å²) < 4.78 is 29.7. The number of aromatic nitrogens is 2. The highest BCUT2D eigenvalue weighted by molar-refractivity contribution is 6.30. The van der Waals surface area contributed by atoms with Crippen LogP contribution in [-0.4, -0.2) is 52.6 Å². The second-order valence-electron chi connectivity index (χ2n) is 12.4. The number of morpholine rings is 1. The summed E-state index contributed by atoms with van der Waals surface area (Å²) in [4.78, 5) is 42.8. The molecule has 1 aliphatic carbocycles. The molecule has 2 amide bonds. The van der Waals surface area contributed by atoms with Crippen LogP contribution in [0.2, 0.25) is 5.02 Å². The Bertz CT molecular complexity index is 2030. The number of rotatable bonds is 8. The van der Waals surface area contributed by atoms with E-state index in [1.54, 1.807) is 41.3 Å². The van der Waals surface area contributed by atoms with Crippen molar-refractivity contribution in [2.75, 3.05) is 26.3 Å². The Balaban J connectivity index is 1.20. The van der Waals surface area contributed by atoms with Gasteiger partial charge in [-0.3, -0.25) is 9.59 Å². The first-order valence-corrected chi connectivity index (χ1v) is 16.9. The van der Waals surface area contributed by atoms with Crippen LogP contribution in [0.4, 0.5) is 4.39 Å². The normalized spacial score (nSPS) is 15.3. The molecule has 5 aromatic rings. The molecule has 0 N–H and O–H groups in total. The van der Waals surface area contributed by atoms with E-state index < -0.39 is 11.7 Å². The van der Waals surface area contributed by atoms with Crippen LogP contribution in [0.15, 0.2) is 84.0 Å². The van der Waals surface area contributed by atoms with Crippen molar-refractivity contribution in [2.45, 2.75) is 44.8 Å². The fourth-order valence-electron chi connectivity index (χ4n) is 6.82. The van der Waals surface area contributed by atoms with Crippen LogP contribution >= 0.6 is 11.6 Å². The lowest BCUT2D eigenvalue weighted by molar-refractivity contribution is 0.0303. The SMILES string of the molecule is O=NC(=O)c1ccc2c(c1)nc(-c1ccc(OCc3cc(C(=O)N4CCOCC4)ccc3-c3ccc(Cl)cc3)cc1F)n2C1CCCCC1. The molecule has 9 nitrogen and oxygen atoms in total. The van der Waals surface area contributed by atoms with Crippen molar-refractivity contribution in [3.05, 3.63) is 111 Å².